The molecule has 0 N–H and O–H groups in total. The van der Waals surface area contributed by atoms with Crippen LogP contribution in [0, 0.1) is 28.6 Å². The predicted octanol–water partition coefficient (Wildman–Crippen LogP) is 5.73. The molecule has 0 bridgehead atoms. The van der Waals surface area contributed by atoms with E-state index in [2.05, 4.69) is 19.9 Å². The molecule has 0 nitrogen and oxygen atoms in total. The van der Waals surface area contributed by atoms with Gasteiger partial charge < -0.3 is 0 Å². The highest BCUT2D eigenvalue weighted by Gasteiger charge is 2.55. The van der Waals surface area contributed by atoms with Crippen LogP contribution in [0.1, 0.15) is 78.1 Å². The van der Waals surface area contributed by atoms with Crippen molar-refractivity contribution < 1.29 is 0 Å². The van der Waals surface area contributed by atoms with E-state index < -0.39 is 0 Å². The number of hydrogen-bond acceptors (Lipinski definition) is 0. The minimum absolute atomic E-state index is 0.602. The lowest BCUT2D eigenvalue weighted by atomic mass is 9.47. The Labute approximate surface area is 119 Å². The lowest BCUT2D eigenvalue weighted by Crippen LogP contribution is -2.48. The van der Waals surface area contributed by atoms with Gasteiger partial charge in [0.15, 0.2) is 0 Å². The third-order valence-corrected chi connectivity index (χ3v) is 7.81. The summed E-state index contributed by atoms with van der Waals surface area (Å²) in [5.74, 6) is 3.18. The van der Waals surface area contributed by atoms with E-state index in [1.165, 1.54) is 57.8 Å². The highest BCUT2D eigenvalue weighted by Crippen LogP contribution is 2.65. The van der Waals surface area contributed by atoms with Crippen molar-refractivity contribution in [3.8, 4) is 0 Å². The van der Waals surface area contributed by atoms with E-state index in [0.717, 1.165) is 23.2 Å². The van der Waals surface area contributed by atoms with E-state index in [4.69, 9.17) is 0 Å². The van der Waals surface area contributed by atoms with E-state index in [9.17, 15) is 0 Å². The second-order valence-electron chi connectivity index (χ2n) is 8.54. The predicted molar refractivity (Wildman–Crippen MR) is 80.9 cm³/mol. The van der Waals surface area contributed by atoms with Gasteiger partial charge in [0.2, 0.25) is 0 Å². The molecule has 0 aliphatic heterocycles. The Kier molecular flexibility index (Phi) is 2.71. The van der Waals surface area contributed by atoms with Crippen LogP contribution in [-0.2, 0) is 0 Å². The molecule has 0 heteroatoms. The zero-order valence-electron chi connectivity index (χ0n) is 12.9. The second-order valence-corrected chi connectivity index (χ2v) is 8.54. The number of rotatable bonds is 0. The fourth-order valence-corrected chi connectivity index (χ4v) is 6.75. The molecule has 0 radical (unpaired) electrons. The van der Waals surface area contributed by atoms with Crippen LogP contribution in [-0.4, -0.2) is 0 Å². The first-order valence-electron chi connectivity index (χ1n) is 8.83. The molecule has 19 heavy (non-hydrogen) atoms. The molecule has 4 rings (SSSR count). The van der Waals surface area contributed by atoms with E-state index >= 15 is 0 Å². The lowest BCUT2D eigenvalue weighted by Gasteiger charge is -2.57. The standard InChI is InChI=1S/C19H30/c1-18-11-5-7-16(18)15-9-8-14-6-3-4-12-19(14,2)17(15)10-13-18/h6,15-17H,3-5,7-13H2,1-2H3/t15?,16?,17?,18?,19-/m0/s1. The van der Waals surface area contributed by atoms with Gasteiger partial charge in [0.1, 0.15) is 0 Å². The summed E-state index contributed by atoms with van der Waals surface area (Å²) in [5.41, 5.74) is 3.19. The average molecular weight is 258 g/mol. The van der Waals surface area contributed by atoms with Crippen molar-refractivity contribution in [1.82, 2.24) is 0 Å². The van der Waals surface area contributed by atoms with Crippen LogP contribution in [0.2, 0.25) is 0 Å². The van der Waals surface area contributed by atoms with Crippen molar-refractivity contribution in [3.05, 3.63) is 11.6 Å². The summed E-state index contributed by atoms with van der Waals surface area (Å²) in [6.07, 6.45) is 17.5. The molecule has 3 fully saturated rings. The van der Waals surface area contributed by atoms with Gasteiger partial charge in [-0.1, -0.05) is 31.9 Å². The second kappa shape index (κ2) is 4.12. The fraction of sp³-hybridized carbons (Fsp3) is 0.895. The zero-order chi connectivity index (χ0) is 13.1. The molecule has 0 heterocycles. The van der Waals surface area contributed by atoms with E-state index in [1.54, 1.807) is 6.42 Å². The molecule has 0 spiro atoms. The van der Waals surface area contributed by atoms with Gasteiger partial charge in [-0.25, -0.2) is 0 Å². The molecule has 5 atom stereocenters. The quantitative estimate of drug-likeness (QED) is 0.487. The van der Waals surface area contributed by atoms with Crippen molar-refractivity contribution in [2.75, 3.05) is 0 Å². The summed E-state index contributed by atoms with van der Waals surface area (Å²) in [7, 11) is 0. The summed E-state index contributed by atoms with van der Waals surface area (Å²) in [6.45, 7) is 5.25. The van der Waals surface area contributed by atoms with Gasteiger partial charge in [-0.2, -0.15) is 0 Å². The van der Waals surface area contributed by atoms with Crippen LogP contribution in [0.3, 0.4) is 0 Å². The summed E-state index contributed by atoms with van der Waals surface area (Å²) in [5, 5.41) is 0. The Balaban J connectivity index is 1.69. The maximum Gasteiger partial charge on any atom is -0.00853 e. The molecule has 0 amide bonds. The van der Waals surface area contributed by atoms with Crippen molar-refractivity contribution in [2.24, 2.45) is 28.6 Å². The molecular formula is C19H30. The number of hydrogen-bond donors (Lipinski definition) is 0. The molecular weight excluding hydrogens is 228 g/mol. The van der Waals surface area contributed by atoms with Crippen molar-refractivity contribution in [1.29, 1.82) is 0 Å². The van der Waals surface area contributed by atoms with Gasteiger partial charge in [-0.05, 0) is 86.4 Å². The molecule has 106 valence electrons. The van der Waals surface area contributed by atoms with Crippen LogP contribution in [0.4, 0.5) is 0 Å². The molecule has 0 aromatic rings. The Morgan fingerprint density at radius 2 is 1.84 bits per heavy atom. The number of allylic oxidation sites excluding steroid dienone is 2. The van der Waals surface area contributed by atoms with E-state index in [-0.39, 0.29) is 0 Å². The van der Waals surface area contributed by atoms with Crippen molar-refractivity contribution in [2.45, 2.75) is 78.1 Å². The van der Waals surface area contributed by atoms with Gasteiger partial charge in [0.25, 0.3) is 0 Å². The molecule has 4 aliphatic rings. The van der Waals surface area contributed by atoms with Gasteiger partial charge in [-0.15, -0.1) is 0 Å². The molecule has 0 aromatic carbocycles. The largest absolute Gasteiger partial charge is 0.0848 e. The van der Waals surface area contributed by atoms with Crippen LogP contribution in [0.5, 0.6) is 0 Å². The van der Waals surface area contributed by atoms with Crippen LogP contribution >= 0.6 is 0 Å². The lowest BCUT2D eigenvalue weighted by molar-refractivity contribution is -0.0360. The fourth-order valence-electron chi connectivity index (χ4n) is 6.75. The van der Waals surface area contributed by atoms with E-state index in [1.807, 2.05) is 5.57 Å². The smallest absolute Gasteiger partial charge is 0.00853 e. The minimum atomic E-state index is 0.602. The molecule has 0 saturated heterocycles. The Hall–Kier alpha value is -0.260. The normalized spacial score (nSPS) is 52.9. The first-order valence-corrected chi connectivity index (χ1v) is 8.83. The minimum Gasteiger partial charge on any atom is -0.0848 e. The van der Waals surface area contributed by atoms with Gasteiger partial charge >= 0.3 is 0 Å². The third kappa shape index (κ3) is 1.64. The topological polar surface area (TPSA) is 0 Å². The summed E-state index contributed by atoms with van der Waals surface area (Å²) in [4.78, 5) is 0. The van der Waals surface area contributed by atoms with Crippen LogP contribution < -0.4 is 0 Å². The monoisotopic (exact) mass is 258 g/mol. The summed E-state index contributed by atoms with van der Waals surface area (Å²) >= 11 is 0. The maximum atomic E-state index is 2.63. The highest BCUT2D eigenvalue weighted by molar-refractivity contribution is 5.23. The molecule has 4 aliphatic carbocycles. The summed E-state index contributed by atoms with van der Waals surface area (Å²) < 4.78 is 0. The van der Waals surface area contributed by atoms with Gasteiger partial charge in [0.05, 0.1) is 0 Å². The van der Waals surface area contributed by atoms with Gasteiger partial charge in [-0.3, -0.25) is 0 Å². The molecule has 0 aromatic heterocycles. The Bertz CT molecular complexity index is 406. The summed E-state index contributed by atoms with van der Waals surface area (Å²) in [6, 6.07) is 0. The average Bonchev–Trinajstić information content (AvgIpc) is 2.79. The Morgan fingerprint density at radius 1 is 0.947 bits per heavy atom. The first kappa shape index (κ1) is 12.5. The first-order chi connectivity index (χ1) is 9.13. The SMILES string of the molecule is CC12CCCC1C1CCC3=CCCC[C@]3(C)C1CC2. The molecule has 4 unspecified atom stereocenters. The van der Waals surface area contributed by atoms with Crippen LogP contribution in [0.25, 0.3) is 0 Å². The third-order valence-electron chi connectivity index (χ3n) is 7.81. The van der Waals surface area contributed by atoms with Crippen molar-refractivity contribution >= 4 is 0 Å². The highest BCUT2D eigenvalue weighted by atomic mass is 14.6. The van der Waals surface area contributed by atoms with Crippen molar-refractivity contribution in [3.63, 3.8) is 0 Å². The van der Waals surface area contributed by atoms with E-state index in [0.29, 0.717) is 5.41 Å². The zero-order valence-corrected chi connectivity index (χ0v) is 12.9. The van der Waals surface area contributed by atoms with Gasteiger partial charge in [0, 0.05) is 0 Å². The maximum absolute atomic E-state index is 2.63. The Morgan fingerprint density at radius 3 is 2.74 bits per heavy atom. The van der Waals surface area contributed by atoms with Crippen LogP contribution in [0.15, 0.2) is 11.6 Å². The molecule has 3 saturated carbocycles. The number of fused-ring (bicyclic) bond motifs is 5.